The maximum Gasteiger partial charge on any atom is 2.00 e. The average molecular weight is 628 g/mol. The van der Waals surface area contributed by atoms with E-state index in [1.165, 1.54) is 25.1 Å². The van der Waals surface area contributed by atoms with Crippen LogP contribution in [0.3, 0.4) is 0 Å². The molecular formula is C20H19CaN3Na2O9S3. The Labute approximate surface area is 296 Å². The predicted molar refractivity (Wildman–Crippen MR) is 133 cm³/mol. The SMILES string of the molecule is CC1=CC(=C(c2ccc(N)c(S(=O)(=O)[O-])c2)c2ccc(N)c(S(=O)(=O)O)c2)C=C(S(=O)(=O)[O-])C1=N.[Ca+2].[H-].[H-].[Na+].[Na+]. The van der Waals surface area contributed by atoms with Crippen molar-refractivity contribution in [2.45, 2.75) is 16.7 Å². The van der Waals surface area contributed by atoms with Crippen molar-refractivity contribution in [3.8, 4) is 0 Å². The quantitative estimate of drug-likeness (QED) is 0.139. The minimum absolute atomic E-state index is 0. The van der Waals surface area contributed by atoms with E-state index >= 15 is 0 Å². The van der Waals surface area contributed by atoms with Crippen LogP contribution in [0.2, 0.25) is 0 Å². The van der Waals surface area contributed by atoms with E-state index in [4.69, 9.17) is 16.9 Å². The molecular weight excluding hydrogens is 608 g/mol. The summed E-state index contributed by atoms with van der Waals surface area (Å²) in [7, 11) is -15.0. The molecule has 2 aromatic rings. The van der Waals surface area contributed by atoms with Crippen molar-refractivity contribution < 1.29 is 101 Å². The molecule has 6 N–H and O–H groups in total. The zero-order chi connectivity index (χ0) is 26.5. The molecule has 0 fully saturated rings. The molecule has 0 atom stereocenters. The zero-order valence-corrected chi connectivity index (χ0v) is 29.1. The van der Waals surface area contributed by atoms with Gasteiger partial charge in [-0.15, -0.1) is 0 Å². The summed E-state index contributed by atoms with van der Waals surface area (Å²) in [5.74, 6) is 0. The Balaban J connectivity index is -0.00000274. The van der Waals surface area contributed by atoms with Gasteiger partial charge < -0.3 is 23.4 Å². The minimum Gasteiger partial charge on any atom is -1.00 e. The molecule has 1 aliphatic rings. The van der Waals surface area contributed by atoms with Crippen LogP contribution in [0.4, 0.5) is 11.4 Å². The first-order chi connectivity index (χ1) is 15.9. The zero-order valence-electron chi connectivity index (χ0n) is 22.4. The van der Waals surface area contributed by atoms with Crippen LogP contribution in [0.1, 0.15) is 20.9 Å². The fourth-order valence-corrected chi connectivity index (χ4v) is 5.37. The second kappa shape index (κ2) is 13.7. The Morgan fingerprint density at radius 1 is 0.842 bits per heavy atom. The summed E-state index contributed by atoms with van der Waals surface area (Å²) in [4.78, 5) is -2.39. The van der Waals surface area contributed by atoms with Crippen LogP contribution < -0.4 is 70.6 Å². The average Bonchev–Trinajstić information content (AvgIpc) is 2.70. The Hall–Kier alpha value is -0.0803. The molecule has 0 unspecified atom stereocenters. The summed E-state index contributed by atoms with van der Waals surface area (Å²) < 4.78 is 104. The molecule has 0 heterocycles. The summed E-state index contributed by atoms with van der Waals surface area (Å²) in [6, 6.07) is 6.62. The topological polar surface area (TPSA) is 245 Å². The number of nitrogens with two attached hydrogens (primary N) is 2. The van der Waals surface area contributed by atoms with E-state index in [0.717, 1.165) is 30.3 Å². The van der Waals surface area contributed by atoms with E-state index in [0.29, 0.717) is 0 Å². The molecule has 0 bridgehead atoms. The Bertz CT molecular complexity index is 1650. The largest absolute Gasteiger partial charge is 2.00 e. The van der Waals surface area contributed by atoms with Crippen molar-refractivity contribution in [3.63, 3.8) is 0 Å². The van der Waals surface area contributed by atoms with Crippen LogP contribution in [0.5, 0.6) is 0 Å². The molecule has 1 aliphatic carbocycles. The summed E-state index contributed by atoms with van der Waals surface area (Å²) in [6.45, 7) is 1.35. The van der Waals surface area contributed by atoms with Crippen LogP contribution >= 0.6 is 0 Å². The molecule has 0 aromatic heterocycles. The summed E-state index contributed by atoms with van der Waals surface area (Å²) in [5, 5.41) is 7.93. The number of nitrogens with one attached hydrogen (secondary N) is 1. The van der Waals surface area contributed by atoms with Gasteiger partial charge in [0, 0.05) is 5.69 Å². The van der Waals surface area contributed by atoms with Crippen molar-refractivity contribution in [3.05, 3.63) is 75.7 Å². The molecule has 0 saturated heterocycles. The molecule has 12 nitrogen and oxygen atoms in total. The van der Waals surface area contributed by atoms with Gasteiger partial charge in [-0.2, -0.15) is 8.42 Å². The van der Waals surface area contributed by atoms with Crippen molar-refractivity contribution in [1.82, 2.24) is 0 Å². The maximum absolute atomic E-state index is 11.8. The molecule has 0 radical (unpaired) electrons. The third-order valence-electron chi connectivity index (χ3n) is 5.01. The number of rotatable bonds is 5. The van der Waals surface area contributed by atoms with Crippen molar-refractivity contribution in [1.29, 1.82) is 5.41 Å². The molecule has 18 heteroatoms. The molecule has 190 valence electrons. The monoisotopic (exact) mass is 627 g/mol. The number of hydrogen-bond donors (Lipinski definition) is 4. The third kappa shape index (κ3) is 8.47. The second-order valence-electron chi connectivity index (χ2n) is 7.43. The van der Waals surface area contributed by atoms with E-state index in [1.807, 2.05) is 0 Å². The first-order valence-corrected chi connectivity index (χ1v) is 13.6. The van der Waals surface area contributed by atoms with Gasteiger partial charge >= 0.3 is 96.9 Å². The van der Waals surface area contributed by atoms with Crippen LogP contribution in [-0.4, -0.2) is 82.4 Å². The van der Waals surface area contributed by atoms with Crippen molar-refractivity contribution in [2.75, 3.05) is 11.5 Å². The third-order valence-corrected chi connectivity index (χ3v) is 7.67. The standard InChI is InChI=1S/C20H19N3O9S3.Ca.2Na.2H/c1-10-6-13(9-18(20(10)23)35(30,31)32)19(11-2-4-14(21)16(7-11)33(24,25)26)12-3-5-15(22)17(8-12)34(27,28)29;;;;;/h2-9,23H,21-22H2,1H3,(H,24,25,26)(H,27,28,29)(H,30,31,32);;;;;/q;+2;2*+1;2*-1/p-2. The molecule has 3 rings (SSSR count). The van der Waals surface area contributed by atoms with Crippen LogP contribution in [-0.2, 0) is 30.4 Å². The second-order valence-corrected chi connectivity index (χ2v) is 11.5. The number of nitrogen functional groups attached to an aromatic ring is 2. The fourth-order valence-electron chi connectivity index (χ4n) is 3.42. The molecule has 0 saturated carbocycles. The molecule has 0 spiro atoms. The van der Waals surface area contributed by atoms with Crippen molar-refractivity contribution in [2.24, 2.45) is 0 Å². The molecule has 0 amide bonds. The van der Waals surface area contributed by atoms with E-state index in [9.17, 15) is 38.9 Å². The van der Waals surface area contributed by atoms with E-state index in [1.54, 1.807) is 0 Å². The Morgan fingerprint density at radius 2 is 1.29 bits per heavy atom. The van der Waals surface area contributed by atoms with Gasteiger partial charge in [0.1, 0.15) is 25.1 Å². The molecule has 0 aliphatic heterocycles. The van der Waals surface area contributed by atoms with Crippen LogP contribution in [0.15, 0.2) is 74.4 Å². The van der Waals surface area contributed by atoms with E-state index < -0.39 is 50.8 Å². The Morgan fingerprint density at radius 3 is 1.71 bits per heavy atom. The first-order valence-electron chi connectivity index (χ1n) is 9.34. The number of allylic oxidation sites excluding steroid dienone is 5. The summed E-state index contributed by atoms with van der Waals surface area (Å²) >= 11 is 0. The normalized spacial score (nSPS) is 15.2. The summed E-state index contributed by atoms with van der Waals surface area (Å²) in [6.07, 6.45) is 2.16. The van der Waals surface area contributed by atoms with Gasteiger partial charge in [-0.25, -0.2) is 16.8 Å². The number of anilines is 2. The number of benzene rings is 2. The minimum atomic E-state index is -5.13. The Kier molecular flexibility index (Phi) is 13.7. The van der Waals surface area contributed by atoms with Crippen LogP contribution in [0.25, 0.3) is 5.57 Å². The van der Waals surface area contributed by atoms with E-state index in [2.05, 4.69) is 0 Å². The molecule has 2 aromatic carbocycles. The van der Waals surface area contributed by atoms with E-state index in [-0.39, 0.29) is 139 Å². The number of hydrogen-bond acceptors (Lipinski definition) is 11. The van der Waals surface area contributed by atoms with Gasteiger partial charge in [0.25, 0.3) is 10.1 Å². The van der Waals surface area contributed by atoms with Crippen molar-refractivity contribution >= 4 is 90.8 Å². The summed E-state index contributed by atoms with van der Waals surface area (Å²) in [5.41, 5.74) is 9.90. The van der Waals surface area contributed by atoms with Gasteiger partial charge in [-0.3, -0.25) is 9.96 Å². The van der Waals surface area contributed by atoms with Gasteiger partial charge in [-0.1, -0.05) is 12.1 Å². The van der Waals surface area contributed by atoms with Gasteiger partial charge in [0.05, 0.1) is 21.2 Å². The van der Waals surface area contributed by atoms with Gasteiger partial charge in [0.2, 0.25) is 0 Å². The maximum atomic E-state index is 11.8. The predicted octanol–water partition coefficient (Wildman–Crippen LogP) is -4.94. The van der Waals surface area contributed by atoms with Gasteiger partial charge in [-0.05, 0) is 71.2 Å². The first kappa shape index (κ1) is 37.9. The van der Waals surface area contributed by atoms with Crippen LogP contribution in [0, 0.1) is 5.41 Å². The fraction of sp³-hybridized carbons (Fsp3) is 0.0500. The molecule has 38 heavy (non-hydrogen) atoms. The van der Waals surface area contributed by atoms with Gasteiger partial charge in [0.15, 0.2) is 0 Å². The smallest absolute Gasteiger partial charge is 1.00 e.